The maximum absolute atomic E-state index is 12.3. The Bertz CT molecular complexity index is 444. The third-order valence-electron chi connectivity index (χ3n) is 3.70. The highest BCUT2D eigenvalue weighted by Crippen LogP contribution is 2.19. The molecule has 1 aliphatic rings. The molecule has 106 valence electrons. The van der Waals surface area contributed by atoms with E-state index in [0.29, 0.717) is 10.7 Å². The SMILES string of the molecule is CCCn1cc(Cl)cc1C(=O)NC1CCCCC1N. The summed E-state index contributed by atoms with van der Waals surface area (Å²) < 4.78 is 1.91. The Morgan fingerprint density at radius 1 is 1.53 bits per heavy atom. The maximum atomic E-state index is 12.3. The van der Waals surface area contributed by atoms with Crippen molar-refractivity contribution in [2.75, 3.05) is 0 Å². The van der Waals surface area contributed by atoms with Crippen LogP contribution in [0.4, 0.5) is 0 Å². The number of amides is 1. The molecular weight excluding hydrogens is 262 g/mol. The Balaban J connectivity index is 2.06. The highest BCUT2D eigenvalue weighted by atomic mass is 35.5. The lowest BCUT2D eigenvalue weighted by atomic mass is 9.91. The minimum absolute atomic E-state index is 0.0669. The lowest BCUT2D eigenvalue weighted by Crippen LogP contribution is -2.49. The topological polar surface area (TPSA) is 60.0 Å². The first-order valence-electron chi connectivity index (χ1n) is 7.04. The summed E-state index contributed by atoms with van der Waals surface area (Å²) >= 11 is 5.99. The fourth-order valence-electron chi connectivity index (χ4n) is 2.67. The molecular formula is C14H22ClN3O. The zero-order chi connectivity index (χ0) is 13.8. The summed E-state index contributed by atoms with van der Waals surface area (Å²) in [6.07, 6.45) is 7.02. The van der Waals surface area contributed by atoms with Crippen molar-refractivity contribution in [3.8, 4) is 0 Å². The van der Waals surface area contributed by atoms with Crippen LogP contribution in [0.3, 0.4) is 0 Å². The first kappa shape index (κ1) is 14.4. The van der Waals surface area contributed by atoms with Crippen LogP contribution in [0.5, 0.6) is 0 Å². The Kier molecular flexibility index (Phi) is 4.88. The second-order valence-corrected chi connectivity index (χ2v) is 5.70. The summed E-state index contributed by atoms with van der Waals surface area (Å²) in [5.41, 5.74) is 6.69. The lowest BCUT2D eigenvalue weighted by Gasteiger charge is -2.29. The molecule has 0 aliphatic heterocycles. The Labute approximate surface area is 119 Å². The largest absolute Gasteiger partial charge is 0.346 e. The van der Waals surface area contributed by atoms with Crippen LogP contribution in [0.15, 0.2) is 12.3 Å². The van der Waals surface area contributed by atoms with Crippen LogP contribution in [0.2, 0.25) is 5.02 Å². The number of carbonyl (C=O) groups is 1. The number of nitrogens with two attached hydrogens (primary N) is 1. The molecule has 2 unspecified atom stereocenters. The molecule has 3 N–H and O–H groups in total. The molecule has 1 aliphatic carbocycles. The van der Waals surface area contributed by atoms with Gasteiger partial charge in [-0.15, -0.1) is 0 Å². The molecule has 0 radical (unpaired) electrons. The van der Waals surface area contributed by atoms with Crippen LogP contribution in [0.25, 0.3) is 0 Å². The summed E-state index contributed by atoms with van der Waals surface area (Å²) in [4.78, 5) is 12.3. The second kappa shape index (κ2) is 6.44. The van der Waals surface area contributed by atoms with Crippen LogP contribution in [0, 0.1) is 0 Å². The van der Waals surface area contributed by atoms with E-state index < -0.39 is 0 Å². The molecule has 1 fully saturated rings. The van der Waals surface area contributed by atoms with Crippen molar-refractivity contribution in [2.24, 2.45) is 5.73 Å². The van der Waals surface area contributed by atoms with E-state index in [-0.39, 0.29) is 18.0 Å². The molecule has 1 aromatic heterocycles. The van der Waals surface area contributed by atoms with E-state index in [1.54, 1.807) is 12.3 Å². The van der Waals surface area contributed by atoms with Gasteiger partial charge in [0.1, 0.15) is 5.69 Å². The number of carbonyl (C=O) groups excluding carboxylic acids is 1. The number of aromatic nitrogens is 1. The van der Waals surface area contributed by atoms with Gasteiger partial charge >= 0.3 is 0 Å². The average Bonchev–Trinajstić information content (AvgIpc) is 2.74. The van der Waals surface area contributed by atoms with Gasteiger partial charge in [-0.1, -0.05) is 31.4 Å². The number of nitrogens with one attached hydrogen (secondary N) is 1. The van der Waals surface area contributed by atoms with Gasteiger partial charge in [0.25, 0.3) is 5.91 Å². The molecule has 1 heterocycles. The monoisotopic (exact) mass is 283 g/mol. The summed E-state index contributed by atoms with van der Waals surface area (Å²) in [5.74, 6) is -0.0669. The molecule has 2 atom stereocenters. The first-order chi connectivity index (χ1) is 9.11. The van der Waals surface area contributed by atoms with Gasteiger partial charge in [-0.25, -0.2) is 0 Å². The molecule has 0 saturated heterocycles. The minimum atomic E-state index is -0.0669. The van der Waals surface area contributed by atoms with Crippen molar-refractivity contribution < 1.29 is 4.79 Å². The number of aryl methyl sites for hydroxylation is 1. The zero-order valence-corrected chi connectivity index (χ0v) is 12.1. The van der Waals surface area contributed by atoms with Crippen molar-refractivity contribution >= 4 is 17.5 Å². The number of rotatable bonds is 4. The third-order valence-corrected chi connectivity index (χ3v) is 3.90. The fourth-order valence-corrected chi connectivity index (χ4v) is 2.89. The smallest absolute Gasteiger partial charge is 0.268 e. The molecule has 0 aromatic carbocycles. The van der Waals surface area contributed by atoms with Crippen molar-refractivity contribution in [1.29, 1.82) is 0 Å². The minimum Gasteiger partial charge on any atom is -0.346 e. The first-order valence-corrected chi connectivity index (χ1v) is 7.41. The maximum Gasteiger partial charge on any atom is 0.268 e. The Morgan fingerprint density at radius 2 is 2.26 bits per heavy atom. The quantitative estimate of drug-likeness (QED) is 0.892. The number of nitrogens with zero attached hydrogens (tertiary/aromatic N) is 1. The molecule has 5 heteroatoms. The standard InChI is InChI=1S/C14H22ClN3O/c1-2-7-18-9-10(15)8-13(18)14(19)17-12-6-4-3-5-11(12)16/h8-9,11-12H,2-7,16H2,1H3,(H,17,19). The van der Waals surface area contributed by atoms with E-state index >= 15 is 0 Å². The zero-order valence-electron chi connectivity index (χ0n) is 11.4. The number of hydrogen-bond acceptors (Lipinski definition) is 2. The molecule has 1 amide bonds. The molecule has 1 aromatic rings. The molecule has 0 bridgehead atoms. The van der Waals surface area contributed by atoms with Gasteiger partial charge < -0.3 is 15.6 Å². The van der Waals surface area contributed by atoms with Crippen molar-refractivity contribution in [3.05, 3.63) is 23.0 Å². The molecule has 4 nitrogen and oxygen atoms in total. The third kappa shape index (κ3) is 3.51. The normalized spacial score (nSPS) is 23.3. The molecule has 0 spiro atoms. The van der Waals surface area contributed by atoms with E-state index in [1.807, 2.05) is 4.57 Å². The summed E-state index contributed by atoms with van der Waals surface area (Å²) in [7, 11) is 0. The molecule has 2 rings (SSSR count). The van der Waals surface area contributed by atoms with E-state index in [4.69, 9.17) is 17.3 Å². The van der Waals surface area contributed by atoms with Gasteiger partial charge in [-0.3, -0.25) is 4.79 Å². The summed E-state index contributed by atoms with van der Waals surface area (Å²) in [6.45, 7) is 2.87. The van der Waals surface area contributed by atoms with Gasteiger partial charge in [0.15, 0.2) is 0 Å². The summed E-state index contributed by atoms with van der Waals surface area (Å²) in [5, 5.41) is 3.66. The lowest BCUT2D eigenvalue weighted by molar-refractivity contribution is 0.0911. The van der Waals surface area contributed by atoms with Crippen LogP contribution >= 0.6 is 11.6 Å². The van der Waals surface area contributed by atoms with Gasteiger partial charge in [0.2, 0.25) is 0 Å². The van der Waals surface area contributed by atoms with E-state index in [2.05, 4.69) is 12.2 Å². The number of hydrogen-bond donors (Lipinski definition) is 2. The molecule has 19 heavy (non-hydrogen) atoms. The predicted octanol–water partition coefficient (Wildman–Crippen LogP) is 2.55. The van der Waals surface area contributed by atoms with Gasteiger partial charge in [-0.2, -0.15) is 0 Å². The molecule has 1 saturated carbocycles. The highest BCUT2D eigenvalue weighted by molar-refractivity contribution is 6.31. The average molecular weight is 284 g/mol. The van der Waals surface area contributed by atoms with Crippen LogP contribution < -0.4 is 11.1 Å². The Hall–Kier alpha value is -1.00. The fraction of sp³-hybridized carbons (Fsp3) is 0.643. The van der Waals surface area contributed by atoms with Gasteiger partial charge in [-0.05, 0) is 25.3 Å². The number of halogens is 1. The van der Waals surface area contributed by atoms with Gasteiger partial charge in [0.05, 0.1) is 5.02 Å². The van der Waals surface area contributed by atoms with Crippen molar-refractivity contribution in [3.63, 3.8) is 0 Å². The van der Waals surface area contributed by atoms with Crippen molar-refractivity contribution in [1.82, 2.24) is 9.88 Å². The van der Waals surface area contributed by atoms with Gasteiger partial charge in [0, 0.05) is 24.8 Å². The van der Waals surface area contributed by atoms with Crippen molar-refractivity contribution in [2.45, 2.75) is 57.7 Å². The van der Waals surface area contributed by atoms with E-state index in [1.165, 1.54) is 0 Å². The van der Waals surface area contributed by atoms with E-state index in [9.17, 15) is 4.79 Å². The van der Waals surface area contributed by atoms with Crippen LogP contribution in [0.1, 0.15) is 49.5 Å². The van der Waals surface area contributed by atoms with E-state index in [0.717, 1.165) is 38.6 Å². The second-order valence-electron chi connectivity index (χ2n) is 5.27. The van der Waals surface area contributed by atoms with Crippen LogP contribution in [-0.2, 0) is 6.54 Å². The predicted molar refractivity (Wildman–Crippen MR) is 77.4 cm³/mol. The highest BCUT2D eigenvalue weighted by Gasteiger charge is 2.24. The van der Waals surface area contributed by atoms with Crippen LogP contribution in [-0.4, -0.2) is 22.6 Å². The summed E-state index contributed by atoms with van der Waals surface area (Å²) in [6, 6.07) is 1.88. The Morgan fingerprint density at radius 3 is 2.95 bits per heavy atom.